The van der Waals surface area contributed by atoms with Crippen LogP contribution >= 0.6 is 15.9 Å². The number of likely N-dealkylation sites (N-methyl/N-ethyl adjacent to an activating group) is 1. The quantitative estimate of drug-likeness (QED) is 0.795. The summed E-state index contributed by atoms with van der Waals surface area (Å²) in [7, 11) is 0. The Morgan fingerprint density at radius 3 is 2.45 bits per heavy atom. The maximum absolute atomic E-state index is 12.2. The normalized spacial score (nSPS) is 11.8. The van der Waals surface area contributed by atoms with E-state index in [4.69, 9.17) is 0 Å². The first-order valence-corrected chi connectivity index (χ1v) is 7.64. The molecule has 1 amide bonds. The number of carbonyl (C=O) groups is 1. The lowest BCUT2D eigenvalue weighted by molar-refractivity contribution is -0.131. The summed E-state index contributed by atoms with van der Waals surface area (Å²) in [5.41, 5.74) is 0. The molecule has 0 saturated heterocycles. The Kier molecular flexibility index (Phi) is 6.70. The molecule has 1 rings (SSSR count). The number of carbonyl (C=O) groups excluding carboxylic acids is 1. The molecule has 20 heavy (non-hydrogen) atoms. The van der Waals surface area contributed by atoms with Gasteiger partial charge in [-0.2, -0.15) is 0 Å². The van der Waals surface area contributed by atoms with Crippen molar-refractivity contribution in [2.24, 2.45) is 0 Å². The van der Waals surface area contributed by atoms with Crippen LogP contribution in [0.5, 0.6) is 0 Å². The lowest BCUT2D eigenvalue weighted by atomic mass is 10.2. The molecule has 112 valence electrons. The first-order valence-electron chi connectivity index (χ1n) is 6.84. The van der Waals surface area contributed by atoms with Crippen molar-refractivity contribution in [1.29, 1.82) is 0 Å². The highest BCUT2D eigenvalue weighted by Gasteiger charge is 2.20. The summed E-state index contributed by atoms with van der Waals surface area (Å²) in [5, 5.41) is 6.26. The lowest BCUT2D eigenvalue weighted by Crippen LogP contribution is -2.41. The van der Waals surface area contributed by atoms with Crippen LogP contribution in [0, 0.1) is 0 Å². The Labute approximate surface area is 128 Å². The van der Waals surface area contributed by atoms with Gasteiger partial charge in [-0.1, -0.05) is 0 Å². The van der Waals surface area contributed by atoms with Crippen LogP contribution < -0.4 is 10.6 Å². The molecule has 0 radical (unpaired) electrons. The molecule has 6 nitrogen and oxygen atoms in total. The molecule has 7 heteroatoms. The van der Waals surface area contributed by atoms with E-state index in [1.54, 1.807) is 4.90 Å². The fourth-order valence-electron chi connectivity index (χ4n) is 1.84. The summed E-state index contributed by atoms with van der Waals surface area (Å²) in [6.45, 7) is 9.94. The van der Waals surface area contributed by atoms with Gasteiger partial charge >= 0.3 is 0 Å². The van der Waals surface area contributed by atoms with Gasteiger partial charge in [-0.15, -0.1) is 0 Å². The Balaban J connectivity index is 2.82. The minimum absolute atomic E-state index is 0.0607. The molecule has 0 aliphatic rings. The van der Waals surface area contributed by atoms with Crippen molar-refractivity contribution < 1.29 is 4.79 Å². The van der Waals surface area contributed by atoms with E-state index >= 15 is 0 Å². The van der Waals surface area contributed by atoms with E-state index in [-0.39, 0.29) is 11.9 Å². The fraction of sp³-hybridized carbons (Fsp3) is 0.615. The average Bonchev–Trinajstić information content (AvgIpc) is 2.44. The zero-order valence-corrected chi connectivity index (χ0v) is 14.0. The standard InChI is InChI=1S/C13H22BrN5O/c1-5-15-11-10(14)12(17-8-16-11)18-9(4)13(20)19(6-2)7-3/h8-9H,5-7H2,1-4H3,(H2,15,16,17,18). The van der Waals surface area contributed by atoms with Crippen molar-refractivity contribution in [2.75, 3.05) is 30.3 Å². The summed E-state index contributed by atoms with van der Waals surface area (Å²) in [6, 6.07) is -0.337. The van der Waals surface area contributed by atoms with Crippen LogP contribution in [0.25, 0.3) is 0 Å². The van der Waals surface area contributed by atoms with Gasteiger partial charge in [-0.25, -0.2) is 9.97 Å². The molecule has 1 aromatic rings. The van der Waals surface area contributed by atoms with Crippen LogP contribution in [0.15, 0.2) is 10.8 Å². The molecule has 0 aromatic carbocycles. The molecule has 0 saturated carbocycles. The summed E-state index contributed by atoms with van der Waals surface area (Å²) in [6.07, 6.45) is 1.47. The van der Waals surface area contributed by atoms with Gasteiger partial charge in [0.15, 0.2) is 0 Å². The smallest absolute Gasteiger partial charge is 0.244 e. The van der Waals surface area contributed by atoms with Gasteiger partial charge in [0.2, 0.25) is 5.91 Å². The Morgan fingerprint density at radius 1 is 1.30 bits per heavy atom. The highest BCUT2D eigenvalue weighted by atomic mass is 79.9. The van der Waals surface area contributed by atoms with E-state index in [1.807, 2.05) is 27.7 Å². The van der Waals surface area contributed by atoms with Crippen LogP contribution in [0.2, 0.25) is 0 Å². The molecule has 1 unspecified atom stereocenters. The van der Waals surface area contributed by atoms with Gasteiger partial charge < -0.3 is 15.5 Å². The molecule has 1 heterocycles. The molecular weight excluding hydrogens is 322 g/mol. The largest absolute Gasteiger partial charge is 0.369 e. The summed E-state index contributed by atoms with van der Waals surface area (Å²) in [5.74, 6) is 1.39. The second kappa shape index (κ2) is 8.04. The van der Waals surface area contributed by atoms with E-state index in [0.29, 0.717) is 24.7 Å². The zero-order chi connectivity index (χ0) is 15.1. The van der Waals surface area contributed by atoms with Crippen molar-refractivity contribution in [2.45, 2.75) is 33.7 Å². The van der Waals surface area contributed by atoms with Crippen molar-refractivity contribution in [3.05, 3.63) is 10.8 Å². The first-order chi connectivity index (χ1) is 9.54. The molecule has 0 aliphatic heterocycles. The number of hydrogen-bond donors (Lipinski definition) is 2. The highest BCUT2D eigenvalue weighted by Crippen LogP contribution is 2.26. The van der Waals surface area contributed by atoms with Gasteiger partial charge in [0.05, 0.1) is 0 Å². The number of nitrogens with one attached hydrogen (secondary N) is 2. The van der Waals surface area contributed by atoms with Gasteiger partial charge in [-0.3, -0.25) is 4.79 Å². The lowest BCUT2D eigenvalue weighted by Gasteiger charge is -2.24. The van der Waals surface area contributed by atoms with E-state index in [2.05, 4.69) is 36.5 Å². The van der Waals surface area contributed by atoms with Gasteiger partial charge in [-0.05, 0) is 43.6 Å². The van der Waals surface area contributed by atoms with Crippen LogP contribution in [0.1, 0.15) is 27.7 Å². The summed E-state index contributed by atoms with van der Waals surface area (Å²) >= 11 is 3.46. The number of nitrogens with zero attached hydrogens (tertiary/aromatic N) is 3. The van der Waals surface area contributed by atoms with Gasteiger partial charge in [0, 0.05) is 19.6 Å². The highest BCUT2D eigenvalue weighted by molar-refractivity contribution is 9.10. The third-order valence-corrected chi connectivity index (χ3v) is 3.68. The van der Waals surface area contributed by atoms with Crippen molar-refractivity contribution >= 4 is 33.5 Å². The number of anilines is 2. The third-order valence-electron chi connectivity index (χ3n) is 2.93. The van der Waals surface area contributed by atoms with E-state index < -0.39 is 0 Å². The van der Waals surface area contributed by atoms with Crippen LogP contribution in [0.4, 0.5) is 11.6 Å². The average molecular weight is 344 g/mol. The van der Waals surface area contributed by atoms with Crippen molar-refractivity contribution in [3.8, 4) is 0 Å². The molecule has 2 N–H and O–H groups in total. The summed E-state index contributed by atoms with van der Waals surface area (Å²) < 4.78 is 0.737. The predicted molar refractivity (Wildman–Crippen MR) is 84.9 cm³/mol. The molecule has 0 bridgehead atoms. The Bertz CT molecular complexity index is 450. The minimum Gasteiger partial charge on any atom is -0.369 e. The molecule has 0 aliphatic carbocycles. The van der Waals surface area contributed by atoms with Gasteiger partial charge in [0.1, 0.15) is 28.5 Å². The monoisotopic (exact) mass is 343 g/mol. The molecule has 0 fully saturated rings. The van der Waals surface area contributed by atoms with E-state index in [0.717, 1.165) is 11.0 Å². The second-order valence-electron chi connectivity index (χ2n) is 4.29. The number of rotatable bonds is 7. The summed E-state index contributed by atoms with van der Waals surface area (Å²) in [4.78, 5) is 22.3. The second-order valence-corrected chi connectivity index (χ2v) is 5.08. The van der Waals surface area contributed by atoms with Crippen molar-refractivity contribution in [3.63, 3.8) is 0 Å². The van der Waals surface area contributed by atoms with Crippen LogP contribution in [0.3, 0.4) is 0 Å². The Hall–Kier alpha value is -1.37. The van der Waals surface area contributed by atoms with Crippen LogP contribution in [-0.2, 0) is 4.79 Å². The molecule has 1 atom stereocenters. The number of hydrogen-bond acceptors (Lipinski definition) is 5. The van der Waals surface area contributed by atoms with Crippen molar-refractivity contribution in [1.82, 2.24) is 14.9 Å². The van der Waals surface area contributed by atoms with E-state index in [9.17, 15) is 4.79 Å². The SMILES string of the molecule is CCNc1ncnc(NC(C)C(=O)N(CC)CC)c1Br. The topological polar surface area (TPSA) is 70.1 Å². The number of amides is 1. The number of halogens is 1. The predicted octanol–water partition coefficient (Wildman–Crippen LogP) is 2.34. The fourth-order valence-corrected chi connectivity index (χ4v) is 2.30. The number of aromatic nitrogens is 2. The molecular formula is C13H22BrN5O. The minimum atomic E-state index is -0.337. The van der Waals surface area contributed by atoms with E-state index in [1.165, 1.54) is 6.33 Å². The zero-order valence-electron chi connectivity index (χ0n) is 12.4. The molecule has 1 aromatic heterocycles. The maximum atomic E-state index is 12.2. The first kappa shape index (κ1) is 16.7. The van der Waals surface area contributed by atoms with Gasteiger partial charge in [0.25, 0.3) is 0 Å². The third kappa shape index (κ3) is 4.06. The maximum Gasteiger partial charge on any atom is 0.244 e. The molecule has 0 spiro atoms. The Morgan fingerprint density at radius 2 is 1.90 bits per heavy atom. The van der Waals surface area contributed by atoms with Crippen LogP contribution in [-0.4, -0.2) is 46.5 Å².